The first-order chi connectivity index (χ1) is 11.1. The van der Waals surface area contributed by atoms with Gasteiger partial charge < -0.3 is 15.0 Å². The van der Waals surface area contributed by atoms with Gasteiger partial charge in [-0.25, -0.2) is 4.39 Å². The summed E-state index contributed by atoms with van der Waals surface area (Å²) in [6.07, 6.45) is 2.19. The molecular weight excluding hydrogens is 299 g/mol. The van der Waals surface area contributed by atoms with Crippen LogP contribution in [0.5, 0.6) is 0 Å². The predicted molar refractivity (Wildman–Crippen MR) is 82.4 cm³/mol. The molecule has 2 saturated heterocycles. The van der Waals surface area contributed by atoms with Crippen molar-refractivity contribution >= 4 is 11.8 Å². The fourth-order valence-corrected chi connectivity index (χ4v) is 3.09. The van der Waals surface area contributed by atoms with Crippen molar-refractivity contribution in [3.63, 3.8) is 0 Å². The van der Waals surface area contributed by atoms with E-state index in [1.54, 1.807) is 4.90 Å². The summed E-state index contributed by atoms with van der Waals surface area (Å²) in [7, 11) is 0. The molecule has 124 valence electrons. The second-order valence-electron chi connectivity index (χ2n) is 6.14. The molecule has 1 aromatic carbocycles. The first-order valence-corrected chi connectivity index (χ1v) is 8.06. The quantitative estimate of drug-likeness (QED) is 0.920. The number of piperidine rings is 1. The second-order valence-corrected chi connectivity index (χ2v) is 6.14. The van der Waals surface area contributed by atoms with Crippen molar-refractivity contribution < 1.29 is 18.7 Å². The third-order valence-electron chi connectivity index (χ3n) is 4.52. The van der Waals surface area contributed by atoms with Gasteiger partial charge in [0.05, 0.1) is 12.6 Å². The van der Waals surface area contributed by atoms with E-state index in [1.165, 1.54) is 24.3 Å². The molecule has 6 heteroatoms. The van der Waals surface area contributed by atoms with Crippen molar-refractivity contribution in [3.8, 4) is 0 Å². The Morgan fingerprint density at radius 3 is 2.43 bits per heavy atom. The summed E-state index contributed by atoms with van der Waals surface area (Å²) in [6.45, 7) is 2.40. The van der Waals surface area contributed by atoms with Gasteiger partial charge in [-0.2, -0.15) is 0 Å². The Bertz CT molecular complexity index is 562. The van der Waals surface area contributed by atoms with Crippen molar-refractivity contribution in [3.05, 3.63) is 35.6 Å². The summed E-state index contributed by atoms with van der Waals surface area (Å²) >= 11 is 0. The molecule has 5 nitrogen and oxygen atoms in total. The number of ether oxygens (including phenoxy) is 1. The topological polar surface area (TPSA) is 58.6 Å². The third kappa shape index (κ3) is 3.88. The SMILES string of the molecule is O=C(N[C@H]1CCOC1)C1CCN(C(=O)c2ccc(F)cc2)CC1. The molecule has 1 N–H and O–H groups in total. The maximum atomic E-state index is 12.9. The average molecular weight is 320 g/mol. The number of halogens is 1. The largest absolute Gasteiger partial charge is 0.379 e. The van der Waals surface area contributed by atoms with Crippen molar-refractivity contribution in [1.29, 1.82) is 0 Å². The van der Waals surface area contributed by atoms with Crippen LogP contribution in [0.15, 0.2) is 24.3 Å². The molecular formula is C17H21FN2O3. The van der Waals surface area contributed by atoms with Gasteiger partial charge in [0.2, 0.25) is 5.91 Å². The Labute approximate surface area is 134 Å². The summed E-state index contributed by atoms with van der Waals surface area (Å²) in [5, 5.41) is 3.02. The summed E-state index contributed by atoms with van der Waals surface area (Å²) in [5.74, 6) is -0.442. The molecule has 0 bridgehead atoms. The van der Waals surface area contributed by atoms with Crippen molar-refractivity contribution in [2.45, 2.75) is 25.3 Å². The van der Waals surface area contributed by atoms with E-state index in [4.69, 9.17) is 4.74 Å². The number of amides is 2. The Balaban J connectivity index is 1.50. The number of hydrogen-bond acceptors (Lipinski definition) is 3. The monoisotopic (exact) mass is 320 g/mol. The van der Waals surface area contributed by atoms with Crippen LogP contribution in [0.3, 0.4) is 0 Å². The number of carbonyl (C=O) groups excluding carboxylic acids is 2. The number of carbonyl (C=O) groups is 2. The zero-order valence-corrected chi connectivity index (χ0v) is 13.0. The molecule has 2 heterocycles. The Hall–Kier alpha value is -1.95. The first kappa shape index (κ1) is 15.9. The van der Waals surface area contributed by atoms with Crippen LogP contribution in [0.1, 0.15) is 29.6 Å². The molecule has 2 fully saturated rings. The lowest BCUT2D eigenvalue weighted by Crippen LogP contribution is -2.45. The third-order valence-corrected chi connectivity index (χ3v) is 4.52. The summed E-state index contributed by atoms with van der Waals surface area (Å²) in [4.78, 5) is 26.3. The van der Waals surface area contributed by atoms with Crippen molar-refractivity contribution in [2.75, 3.05) is 26.3 Å². The normalized spacial score (nSPS) is 22.1. The summed E-state index contributed by atoms with van der Waals surface area (Å²) in [6, 6.07) is 5.70. The van der Waals surface area contributed by atoms with Crippen LogP contribution >= 0.6 is 0 Å². The fourth-order valence-electron chi connectivity index (χ4n) is 3.09. The molecule has 1 atom stereocenters. The van der Waals surface area contributed by atoms with E-state index in [-0.39, 0.29) is 29.6 Å². The van der Waals surface area contributed by atoms with Crippen molar-refractivity contribution in [2.24, 2.45) is 5.92 Å². The van der Waals surface area contributed by atoms with E-state index in [1.807, 2.05) is 0 Å². The van der Waals surface area contributed by atoms with Crippen LogP contribution in [0, 0.1) is 11.7 Å². The van der Waals surface area contributed by atoms with E-state index in [0.29, 0.717) is 44.7 Å². The van der Waals surface area contributed by atoms with E-state index < -0.39 is 0 Å². The Morgan fingerprint density at radius 1 is 1.13 bits per heavy atom. The molecule has 0 aromatic heterocycles. The second kappa shape index (κ2) is 7.08. The van der Waals surface area contributed by atoms with Gasteiger partial charge in [-0.3, -0.25) is 9.59 Å². The lowest BCUT2D eigenvalue weighted by atomic mass is 9.95. The van der Waals surface area contributed by atoms with Crippen LogP contribution in [0.4, 0.5) is 4.39 Å². The molecule has 0 spiro atoms. The van der Waals surface area contributed by atoms with Gasteiger partial charge in [-0.15, -0.1) is 0 Å². The van der Waals surface area contributed by atoms with Crippen LogP contribution in [0.2, 0.25) is 0 Å². The van der Waals surface area contributed by atoms with Gasteiger partial charge in [-0.05, 0) is 43.5 Å². The number of rotatable bonds is 3. The molecule has 2 aliphatic heterocycles. The van der Waals surface area contributed by atoms with E-state index in [9.17, 15) is 14.0 Å². The average Bonchev–Trinajstić information content (AvgIpc) is 3.08. The van der Waals surface area contributed by atoms with E-state index in [0.717, 1.165) is 6.42 Å². The smallest absolute Gasteiger partial charge is 0.253 e. The minimum absolute atomic E-state index is 0.0483. The standard InChI is InChI=1S/C17H21FN2O3/c18-14-3-1-13(2-4-14)17(22)20-8-5-12(6-9-20)16(21)19-15-7-10-23-11-15/h1-4,12,15H,5-11H2,(H,19,21)/t15-/m0/s1. The van der Waals surface area contributed by atoms with E-state index in [2.05, 4.69) is 5.32 Å². The molecule has 0 radical (unpaired) electrons. The highest BCUT2D eigenvalue weighted by molar-refractivity contribution is 5.94. The molecule has 1 aromatic rings. The Morgan fingerprint density at radius 2 is 1.83 bits per heavy atom. The molecule has 2 aliphatic rings. The molecule has 3 rings (SSSR count). The predicted octanol–water partition coefficient (Wildman–Crippen LogP) is 1.58. The molecule has 0 aliphatic carbocycles. The molecule has 0 unspecified atom stereocenters. The van der Waals surface area contributed by atoms with E-state index >= 15 is 0 Å². The highest BCUT2D eigenvalue weighted by Gasteiger charge is 2.29. The molecule has 2 amide bonds. The highest BCUT2D eigenvalue weighted by Crippen LogP contribution is 2.20. The van der Waals surface area contributed by atoms with Crippen LogP contribution in [0.25, 0.3) is 0 Å². The highest BCUT2D eigenvalue weighted by atomic mass is 19.1. The van der Waals surface area contributed by atoms with Crippen LogP contribution < -0.4 is 5.32 Å². The summed E-state index contributed by atoms with van der Waals surface area (Å²) in [5.41, 5.74) is 0.484. The minimum Gasteiger partial charge on any atom is -0.379 e. The lowest BCUT2D eigenvalue weighted by Gasteiger charge is -2.32. The van der Waals surface area contributed by atoms with Gasteiger partial charge in [0.15, 0.2) is 0 Å². The lowest BCUT2D eigenvalue weighted by molar-refractivity contribution is -0.127. The number of likely N-dealkylation sites (tertiary alicyclic amines) is 1. The number of nitrogens with one attached hydrogen (secondary N) is 1. The van der Waals surface area contributed by atoms with Gasteiger partial charge >= 0.3 is 0 Å². The van der Waals surface area contributed by atoms with Gasteiger partial charge in [-0.1, -0.05) is 0 Å². The zero-order chi connectivity index (χ0) is 16.2. The van der Waals surface area contributed by atoms with Crippen LogP contribution in [-0.2, 0) is 9.53 Å². The molecule has 23 heavy (non-hydrogen) atoms. The van der Waals surface area contributed by atoms with Gasteiger partial charge in [0.25, 0.3) is 5.91 Å². The van der Waals surface area contributed by atoms with Gasteiger partial charge in [0, 0.05) is 31.2 Å². The molecule has 0 saturated carbocycles. The first-order valence-electron chi connectivity index (χ1n) is 8.06. The minimum atomic E-state index is -0.354. The number of benzene rings is 1. The maximum Gasteiger partial charge on any atom is 0.253 e. The number of hydrogen-bond donors (Lipinski definition) is 1. The maximum absolute atomic E-state index is 12.9. The van der Waals surface area contributed by atoms with Crippen LogP contribution in [-0.4, -0.2) is 49.1 Å². The fraction of sp³-hybridized carbons (Fsp3) is 0.529. The Kier molecular flexibility index (Phi) is 4.91. The summed E-state index contributed by atoms with van der Waals surface area (Å²) < 4.78 is 18.2. The number of nitrogens with zero attached hydrogens (tertiary/aromatic N) is 1. The zero-order valence-electron chi connectivity index (χ0n) is 13.0. The van der Waals surface area contributed by atoms with Gasteiger partial charge in [0.1, 0.15) is 5.82 Å². The van der Waals surface area contributed by atoms with Crippen molar-refractivity contribution in [1.82, 2.24) is 10.2 Å².